The van der Waals surface area contributed by atoms with E-state index < -0.39 is 0 Å². The van der Waals surface area contributed by atoms with E-state index in [-0.39, 0.29) is 36.4 Å². The minimum absolute atomic E-state index is 0. The summed E-state index contributed by atoms with van der Waals surface area (Å²) in [5, 5.41) is 0. The molecule has 2 N–H and O–H groups in total. The number of hydrogen-bond donors (Lipinski definition) is 1. The summed E-state index contributed by atoms with van der Waals surface area (Å²) in [6.45, 7) is 2.52. The van der Waals surface area contributed by atoms with Gasteiger partial charge in [0.2, 0.25) is 5.91 Å². The van der Waals surface area contributed by atoms with E-state index in [1.54, 1.807) is 11.9 Å². The number of hydrogen-bond acceptors (Lipinski definition) is 3. The first kappa shape index (κ1) is 19.1. The summed E-state index contributed by atoms with van der Waals surface area (Å²) in [4.78, 5) is 20.0. The quantitative estimate of drug-likeness (QED) is 0.445. The molecule has 1 aliphatic rings. The summed E-state index contributed by atoms with van der Waals surface area (Å²) in [6, 6.07) is 9.92. The molecule has 22 heavy (non-hydrogen) atoms. The third kappa shape index (κ3) is 6.04. The Morgan fingerprint density at radius 3 is 2.59 bits per heavy atom. The van der Waals surface area contributed by atoms with Crippen molar-refractivity contribution in [2.45, 2.75) is 6.54 Å². The maximum atomic E-state index is 12.1. The van der Waals surface area contributed by atoms with Gasteiger partial charge in [-0.25, -0.2) is 4.99 Å². The van der Waals surface area contributed by atoms with Gasteiger partial charge in [-0.2, -0.15) is 11.8 Å². The van der Waals surface area contributed by atoms with Crippen LogP contribution in [0.4, 0.5) is 0 Å². The van der Waals surface area contributed by atoms with E-state index in [4.69, 9.17) is 5.73 Å². The molecule has 0 unspecified atom stereocenters. The minimum atomic E-state index is -0.0202. The van der Waals surface area contributed by atoms with Gasteiger partial charge in [0.1, 0.15) is 6.54 Å². The molecule has 0 radical (unpaired) electrons. The Hall–Kier alpha value is -0.960. The molecule has 1 saturated heterocycles. The van der Waals surface area contributed by atoms with E-state index in [1.165, 1.54) is 0 Å². The second kappa shape index (κ2) is 9.94. The zero-order chi connectivity index (χ0) is 15.1. The predicted octanol–water partition coefficient (Wildman–Crippen LogP) is 1.63. The lowest BCUT2D eigenvalue weighted by molar-refractivity contribution is -0.128. The van der Waals surface area contributed by atoms with Gasteiger partial charge in [-0.15, -0.1) is 24.0 Å². The van der Waals surface area contributed by atoms with Crippen molar-refractivity contribution < 1.29 is 4.79 Å². The number of carbonyl (C=O) groups is 1. The third-order valence-corrected chi connectivity index (χ3v) is 4.34. The molecule has 0 atom stereocenters. The molecule has 0 spiro atoms. The number of rotatable bonds is 4. The number of benzene rings is 1. The molecule has 0 aromatic heterocycles. The highest BCUT2D eigenvalue weighted by molar-refractivity contribution is 14.0. The number of nitrogens with zero attached hydrogens (tertiary/aromatic N) is 3. The molecule has 122 valence electrons. The Morgan fingerprint density at radius 1 is 1.32 bits per heavy atom. The van der Waals surface area contributed by atoms with Crippen LogP contribution in [-0.2, 0) is 11.3 Å². The topological polar surface area (TPSA) is 61.9 Å². The van der Waals surface area contributed by atoms with E-state index in [9.17, 15) is 4.79 Å². The van der Waals surface area contributed by atoms with Crippen molar-refractivity contribution in [1.29, 1.82) is 0 Å². The van der Waals surface area contributed by atoms with Crippen LogP contribution in [0.15, 0.2) is 35.3 Å². The van der Waals surface area contributed by atoms with Crippen molar-refractivity contribution >= 4 is 47.6 Å². The zero-order valence-corrected chi connectivity index (χ0v) is 15.9. The van der Waals surface area contributed by atoms with Crippen molar-refractivity contribution in [2.24, 2.45) is 10.7 Å². The highest BCUT2D eigenvalue weighted by atomic mass is 127. The highest BCUT2D eigenvalue weighted by Crippen LogP contribution is 2.08. The molecule has 1 aromatic carbocycles. The van der Waals surface area contributed by atoms with E-state index in [2.05, 4.69) is 4.99 Å². The average Bonchev–Trinajstić information content (AvgIpc) is 2.54. The van der Waals surface area contributed by atoms with Gasteiger partial charge < -0.3 is 15.5 Å². The van der Waals surface area contributed by atoms with E-state index >= 15 is 0 Å². The number of thioether (sulfide) groups is 1. The predicted molar refractivity (Wildman–Crippen MR) is 104 cm³/mol. The normalized spacial score (nSPS) is 15.1. The number of carbonyl (C=O) groups excluding carboxylic acids is 1. The Balaban J connectivity index is 0.00000242. The fourth-order valence-electron chi connectivity index (χ4n) is 2.11. The standard InChI is InChI=1S/C15H22N4OS.HI/c1-18(12-13-5-3-2-4-6-13)14(20)11-17-15(16)19-7-9-21-10-8-19;/h2-6H,7-12H2,1H3,(H2,16,17);1H. The molecule has 7 heteroatoms. The van der Waals surface area contributed by atoms with Crippen molar-refractivity contribution in [1.82, 2.24) is 9.80 Å². The Morgan fingerprint density at radius 2 is 1.95 bits per heavy atom. The van der Waals surface area contributed by atoms with Crippen molar-refractivity contribution in [3.05, 3.63) is 35.9 Å². The molecule has 2 rings (SSSR count). The monoisotopic (exact) mass is 434 g/mol. The summed E-state index contributed by atoms with van der Waals surface area (Å²) < 4.78 is 0. The van der Waals surface area contributed by atoms with Crippen molar-refractivity contribution in [3.8, 4) is 0 Å². The summed E-state index contributed by atoms with van der Waals surface area (Å²) in [5.41, 5.74) is 7.05. The second-order valence-electron chi connectivity index (χ2n) is 5.01. The van der Waals surface area contributed by atoms with Crippen LogP contribution in [0.25, 0.3) is 0 Å². The first-order valence-electron chi connectivity index (χ1n) is 7.07. The number of guanidine groups is 1. The number of nitrogens with two attached hydrogens (primary N) is 1. The molecule has 1 aliphatic heterocycles. The minimum Gasteiger partial charge on any atom is -0.370 e. The Bertz CT molecular complexity index is 492. The number of likely N-dealkylation sites (N-methyl/N-ethyl adjacent to an activating group) is 1. The van der Waals surface area contributed by atoms with Crippen LogP contribution in [0.1, 0.15) is 5.56 Å². The largest absolute Gasteiger partial charge is 0.370 e. The lowest BCUT2D eigenvalue weighted by Crippen LogP contribution is -2.43. The van der Waals surface area contributed by atoms with Gasteiger partial charge in [0.05, 0.1) is 0 Å². The summed E-state index contributed by atoms with van der Waals surface area (Å²) in [6.07, 6.45) is 0. The first-order valence-corrected chi connectivity index (χ1v) is 8.23. The van der Waals surface area contributed by atoms with Gasteiger partial charge in [-0.05, 0) is 5.56 Å². The lowest BCUT2D eigenvalue weighted by atomic mass is 10.2. The van der Waals surface area contributed by atoms with Crippen LogP contribution in [0.5, 0.6) is 0 Å². The van der Waals surface area contributed by atoms with Crippen LogP contribution >= 0.6 is 35.7 Å². The van der Waals surface area contributed by atoms with E-state index in [1.807, 2.05) is 47.0 Å². The fourth-order valence-corrected chi connectivity index (χ4v) is 3.01. The fraction of sp³-hybridized carbons (Fsp3) is 0.467. The second-order valence-corrected chi connectivity index (χ2v) is 6.23. The number of aliphatic imine (C=N–C) groups is 1. The molecule has 1 aromatic rings. The Labute approximate surface area is 153 Å². The molecule has 1 fully saturated rings. The van der Waals surface area contributed by atoms with Gasteiger partial charge in [0.25, 0.3) is 0 Å². The van der Waals surface area contributed by atoms with Gasteiger partial charge in [0, 0.05) is 38.2 Å². The van der Waals surface area contributed by atoms with Crippen LogP contribution in [0.3, 0.4) is 0 Å². The van der Waals surface area contributed by atoms with Gasteiger partial charge in [-0.3, -0.25) is 4.79 Å². The number of amides is 1. The number of halogens is 1. The molecule has 1 amide bonds. The summed E-state index contributed by atoms with van der Waals surface area (Å²) in [7, 11) is 1.79. The summed E-state index contributed by atoms with van der Waals surface area (Å²) in [5.74, 6) is 2.60. The lowest BCUT2D eigenvalue weighted by Gasteiger charge is -2.27. The molecule has 0 bridgehead atoms. The maximum absolute atomic E-state index is 12.1. The first-order chi connectivity index (χ1) is 10.2. The average molecular weight is 434 g/mol. The Kier molecular flexibility index (Phi) is 8.62. The third-order valence-electron chi connectivity index (χ3n) is 3.40. The smallest absolute Gasteiger partial charge is 0.244 e. The maximum Gasteiger partial charge on any atom is 0.244 e. The SMILES string of the molecule is CN(Cc1ccccc1)C(=O)CN=C(N)N1CCSCC1.I. The van der Waals surface area contributed by atoms with E-state index in [0.717, 1.165) is 30.2 Å². The molecular formula is C15H23IN4OS. The van der Waals surface area contributed by atoms with Crippen LogP contribution in [-0.4, -0.2) is 59.9 Å². The highest BCUT2D eigenvalue weighted by Gasteiger charge is 2.13. The van der Waals surface area contributed by atoms with Gasteiger partial charge in [-0.1, -0.05) is 30.3 Å². The zero-order valence-electron chi connectivity index (χ0n) is 12.8. The van der Waals surface area contributed by atoms with Crippen LogP contribution < -0.4 is 5.73 Å². The van der Waals surface area contributed by atoms with Crippen LogP contribution in [0.2, 0.25) is 0 Å². The molecule has 1 heterocycles. The van der Waals surface area contributed by atoms with Gasteiger partial charge in [0.15, 0.2) is 5.96 Å². The molecule has 5 nitrogen and oxygen atoms in total. The van der Waals surface area contributed by atoms with Gasteiger partial charge >= 0.3 is 0 Å². The molecular weight excluding hydrogens is 411 g/mol. The molecule has 0 aliphatic carbocycles. The van der Waals surface area contributed by atoms with Crippen molar-refractivity contribution in [2.75, 3.05) is 38.2 Å². The molecule has 0 saturated carbocycles. The van der Waals surface area contributed by atoms with Crippen LogP contribution in [0, 0.1) is 0 Å². The van der Waals surface area contributed by atoms with Crippen molar-refractivity contribution in [3.63, 3.8) is 0 Å². The summed E-state index contributed by atoms with van der Waals surface area (Å²) >= 11 is 1.92. The van der Waals surface area contributed by atoms with E-state index in [0.29, 0.717) is 12.5 Å².